The molecule has 1 fully saturated rings. The first-order valence-corrected chi connectivity index (χ1v) is 11.7. The lowest BCUT2D eigenvalue weighted by atomic mass is 9.88. The number of sulfone groups is 1. The van der Waals surface area contributed by atoms with Gasteiger partial charge < -0.3 is 15.2 Å². The molecule has 0 atom stereocenters. The summed E-state index contributed by atoms with van der Waals surface area (Å²) >= 11 is 0. The van der Waals surface area contributed by atoms with E-state index < -0.39 is 55.2 Å². The summed E-state index contributed by atoms with van der Waals surface area (Å²) in [5, 5.41) is 12.7. The van der Waals surface area contributed by atoms with Crippen LogP contribution in [0, 0.1) is 5.82 Å². The fraction of sp³-hybridized carbons (Fsp3) is 0.409. The van der Waals surface area contributed by atoms with Crippen LogP contribution in [0.25, 0.3) is 0 Å². The van der Waals surface area contributed by atoms with Crippen molar-refractivity contribution in [3.63, 3.8) is 0 Å². The molecule has 1 saturated carbocycles. The number of phenols is 1. The molecule has 0 bridgehead atoms. The second kappa shape index (κ2) is 9.20. The number of carbonyl (C=O) groups excluding carboxylic acids is 1. The zero-order valence-electron chi connectivity index (χ0n) is 17.7. The van der Waals surface area contributed by atoms with Gasteiger partial charge in [-0.2, -0.15) is 13.2 Å². The Morgan fingerprint density at radius 3 is 2.42 bits per heavy atom. The first-order valence-electron chi connectivity index (χ1n) is 10.2. The highest BCUT2D eigenvalue weighted by Crippen LogP contribution is 2.45. The molecule has 33 heavy (non-hydrogen) atoms. The van der Waals surface area contributed by atoms with Crippen molar-refractivity contribution in [3.8, 4) is 11.5 Å². The van der Waals surface area contributed by atoms with Gasteiger partial charge in [-0.15, -0.1) is 0 Å². The summed E-state index contributed by atoms with van der Waals surface area (Å²) in [5.74, 6) is -2.76. The molecule has 1 aliphatic rings. The largest absolute Gasteiger partial charge is 0.506 e. The van der Waals surface area contributed by atoms with Crippen molar-refractivity contribution in [2.24, 2.45) is 0 Å². The standard InChI is InChI=1S/C22H23F4NO5S/c1-32-16-11-14(10-15(23)12-16)20(29)27-13-21(8-3-2-4-9-21)33(30,31)18-7-5-6-17(19(18)28)22(24,25)26/h5-7,10-12,28H,2-4,8-9,13H2,1H3,(H,27,29). The monoisotopic (exact) mass is 489 g/mol. The second-order valence-corrected chi connectivity index (χ2v) is 10.3. The molecule has 2 aromatic carbocycles. The van der Waals surface area contributed by atoms with Crippen LogP contribution in [-0.4, -0.2) is 37.8 Å². The van der Waals surface area contributed by atoms with Crippen molar-refractivity contribution in [1.82, 2.24) is 5.32 Å². The van der Waals surface area contributed by atoms with Crippen LogP contribution >= 0.6 is 0 Å². The number of rotatable bonds is 6. The number of nitrogens with one attached hydrogen (secondary N) is 1. The molecular weight excluding hydrogens is 466 g/mol. The Labute approximate surface area is 188 Å². The van der Waals surface area contributed by atoms with E-state index in [1.807, 2.05) is 0 Å². The van der Waals surface area contributed by atoms with Crippen LogP contribution in [0.1, 0.15) is 48.0 Å². The molecule has 2 aromatic rings. The van der Waals surface area contributed by atoms with E-state index in [1.54, 1.807) is 0 Å². The Hall–Kier alpha value is -2.82. The molecular formula is C22H23F4NO5S. The molecule has 0 saturated heterocycles. The van der Waals surface area contributed by atoms with Crippen molar-refractivity contribution in [1.29, 1.82) is 0 Å². The number of hydrogen-bond acceptors (Lipinski definition) is 5. The van der Waals surface area contributed by atoms with Crippen LogP contribution in [-0.2, 0) is 16.0 Å². The molecule has 0 aliphatic heterocycles. The number of amides is 1. The predicted molar refractivity (Wildman–Crippen MR) is 111 cm³/mol. The van der Waals surface area contributed by atoms with E-state index in [0.29, 0.717) is 18.9 Å². The molecule has 2 N–H and O–H groups in total. The third-order valence-electron chi connectivity index (χ3n) is 5.87. The maximum atomic E-state index is 13.8. The summed E-state index contributed by atoms with van der Waals surface area (Å²) in [6.07, 6.45) is -3.11. The molecule has 0 heterocycles. The SMILES string of the molecule is COc1cc(F)cc(C(=O)NCC2(S(=O)(=O)c3cccc(C(F)(F)F)c3O)CCCCC2)c1. The molecule has 6 nitrogen and oxygen atoms in total. The number of alkyl halides is 3. The van der Waals surface area contributed by atoms with Crippen LogP contribution in [0.15, 0.2) is 41.3 Å². The molecule has 180 valence electrons. The van der Waals surface area contributed by atoms with E-state index in [0.717, 1.165) is 30.7 Å². The van der Waals surface area contributed by atoms with Gasteiger partial charge in [0, 0.05) is 18.2 Å². The molecule has 0 radical (unpaired) electrons. The maximum absolute atomic E-state index is 13.8. The molecule has 0 unspecified atom stereocenters. The van der Waals surface area contributed by atoms with Gasteiger partial charge in [0.2, 0.25) is 0 Å². The van der Waals surface area contributed by atoms with E-state index in [4.69, 9.17) is 4.74 Å². The van der Waals surface area contributed by atoms with Crippen LogP contribution in [0.4, 0.5) is 17.6 Å². The number of phenolic OH excluding ortho intramolecular Hbond substituents is 1. The summed E-state index contributed by atoms with van der Waals surface area (Å²) < 4.78 is 83.9. The predicted octanol–water partition coefficient (Wildman–Crippen LogP) is 4.47. The average molecular weight is 489 g/mol. The smallest absolute Gasteiger partial charge is 0.419 e. The van der Waals surface area contributed by atoms with Gasteiger partial charge in [-0.05, 0) is 37.1 Å². The number of ether oxygens (including phenoxy) is 1. The van der Waals surface area contributed by atoms with Crippen LogP contribution in [0.3, 0.4) is 0 Å². The number of halogens is 4. The Morgan fingerprint density at radius 2 is 1.82 bits per heavy atom. The van der Waals surface area contributed by atoms with Gasteiger partial charge in [0.25, 0.3) is 5.91 Å². The number of para-hydroxylation sites is 1. The number of aromatic hydroxyl groups is 1. The Morgan fingerprint density at radius 1 is 1.15 bits per heavy atom. The van der Waals surface area contributed by atoms with Gasteiger partial charge in [-0.1, -0.05) is 25.3 Å². The van der Waals surface area contributed by atoms with Gasteiger partial charge in [-0.25, -0.2) is 12.8 Å². The number of benzene rings is 2. The lowest BCUT2D eigenvalue weighted by molar-refractivity contribution is -0.139. The third-order valence-corrected chi connectivity index (χ3v) is 8.47. The zero-order chi connectivity index (χ0) is 24.4. The third kappa shape index (κ3) is 4.92. The fourth-order valence-corrected chi connectivity index (χ4v) is 6.27. The van der Waals surface area contributed by atoms with Crippen molar-refractivity contribution in [2.45, 2.75) is 47.9 Å². The topological polar surface area (TPSA) is 92.7 Å². The maximum Gasteiger partial charge on any atom is 0.419 e. The number of carbonyl (C=O) groups is 1. The zero-order valence-corrected chi connectivity index (χ0v) is 18.5. The first kappa shape index (κ1) is 24.8. The van der Waals surface area contributed by atoms with Gasteiger partial charge in [0.15, 0.2) is 9.84 Å². The van der Waals surface area contributed by atoms with Crippen LogP contribution < -0.4 is 10.1 Å². The average Bonchev–Trinajstić information content (AvgIpc) is 2.76. The van der Waals surface area contributed by atoms with Crippen molar-refractivity contribution in [3.05, 3.63) is 53.3 Å². The summed E-state index contributed by atoms with van der Waals surface area (Å²) in [5.41, 5.74) is -1.55. The summed E-state index contributed by atoms with van der Waals surface area (Å²) in [7, 11) is -3.21. The highest BCUT2D eigenvalue weighted by Gasteiger charge is 2.48. The number of methoxy groups -OCH3 is 1. The lowest BCUT2D eigenvalue weighted by Gasteiger charge is -2.37. The Bertz CT molecular complexity index is 1140. The van der Waals surface area contributed by atoms with Gasteiger partial charge >= 0.3 is 6.18 Å². The van der Waals surface area contributed by atoms with E-state index >= 15 is 0 Å². The highest BCUT2D eigenvalue weighted by molar-refractivity contribution is 7.93. The van der Waals surface area contributed by atoms with Crippen molar-refractivity contribution >= 4 is 15.7 Å². The number of hydrogen-bond donors (Lipinski definition) is 2. The minimum atomic E-state index is -4.94. The lowest BCUT2D eigenvalue weighted by Crippen LogP contribution is -2.50. The van der Waals surface area contributed by atoms with Crippen molar-refractivity contribution < 1.29 is 40.6 Å². The second-order valence-electron chi connectivity index (χ2n) is 7.96. The first-order chi connectivity index (χ1) is 15.4. The summed E-state index contributed by atoms with van der Waals surface area (Å²) in [4.78, 5) is 11.8. The van der Waals surface area contributed by atoms with E-state index in [9.17, 15) is 35.9 Å². The minimum absolute atomic E-state index is 0.0811. The van der Waals surface area contributed by atoms with E-state index in [1.165, 1.54) is 13.2 Å². The van der Waals surface area contributed by atoms with Crippen LogP contribution in [0.2, 0.25) is 0 Å². The molecule has 0 aromatic heterocycles. The fourth-order valence-electron chi connectivity index (χ4n) is 4.09. The van der Waals surface area contributed by atoms with Gasteiger partial charge in [0.1, 0.15) is 22.2 Å². The normalized spacial score (nSPS) is 16.3. The minimum Gasteiger partial charge on any atom is -0.506 e. The van der Waals surface area contributed by atoms with Crippen molar-refractivity contribution in [2.75, 3.05) is 13.7 Å². The van der Waals surface area contributed by atoms with E-state index in [-0.39, 0.29) is 24.2 Å². The molecule has 1 aliphatic carbocycles. The molecule has 1 amide bonds. The quantitative estimate of drug-likeness (QED) is 0.585. The van der Waals surface area contributed by atoms with E-state index in [2.05, 4.69) is 5.32 Å². The molecule has 0 spiro atoms. The van der Waals surface area contributed by atoms with Gasteiger partial charge in [0.05, 0.1) is 17.4 Å². The molecule has 3 rings (SSSR count). The highest BCUT2D eigenvalue weighted by atomic mass is 32.2. The summed E-state index contributed by atoms with van der Waals surface area (Å²) in [6, 6.07) is 5.75. The molecule has 11 heteroatoms. The van der Waals surface area contributed by atoms with Gasteiger partial charge in [-0.3, -0.25) is 4.79 Å². The summed E-state index contributed by atoms with van der Waals surface area (Å²) in [6.45, 7) is -0.414. The Balaban J connectivity index is 1.97. The van der Waals surface area contributed by atoms with Crippen LogP contribution in [0.5, 0.6) is 11.5 Å². The Kier molecular flexibility index (Phi) is 6.92.